The number of aryl methyl sites for hydroxylation is 1. The van der Waals surface area contributed by atoms with Crippen molar-refractivity contribution in [2.45, 2.75) is 38.2 Å². The molecule has 130 valence electrons. The van der Waals surface area contributed by atoms with Crippen LogP contribution in [0.5, 0.6) is 0 Å². The Bertz CT molecular complexity index is 924. The number of Topliss-reactive ketones (excluding diaryl/α,β-unsaturated/α-hetero) is 2. The maximum absolute atomic E-state index is 12.7. The quantitative estimate of drug-likeness (QED) is 0.527. The summed E-state index contributed by atoms with van der Waals surface area (Å²) in [5.74, 6) is 0.541. The first-order chi connectivity index (χ1) is 11.9. The summed E-state index contributed by atoms with van der Waals surface area (Å²) in [5, 5.41) is 7.66. The molecule has 1 N–H and O–H groups in total. The smallest absolute Gasteiger partial charge is 0.284 e. The van der Waals surface area contributed by atoms with Crippen LogP contribution in [-0.4, -0.2) is 32.0 Å². The normalized spacial score (nSPS) is 12.3. The highest BCUT2D eigenvalue weighted by Gasteiger charge is 2.26. The number of carbonyl (C=O) groups is 2. The van der Waals surface area contributed by atoms with E-state index in [0.29, 0.717) is 28.3 Å². The van der Waals surface area contributed by atoms with Gasteiger partial charge in [0.1, 0.15) is 0 Å². The number of nitrogens with one attached hydrogen (secondary N) is 1. The summed E-state index contributed by atoms with van der Waals surface area (Å²) < 4.78 is 10.7. The number of aromatic nitrogens is 3. The van der Waals surface area contributed by atoms with E-state index in [0.717, 1.165) is 11.8 Å². The van der Waals surface area contributed by atoms with Gasteiger partial charge in [0.25, 0.3) is 11.1 Å². The summed E-state index contributed by atoms with van der Waals surface area (Å²) in [6.07, 6.45) is 1.52. The Hall–Kier alpha value is -2.61. The molecule has 0 fully saturated rings. The number of furan rings is 1. The molecule has 0 saturated heterocycles. The van der Waals surface area contributed by atoms with Gasteiger partial charge >= 0.3 is 0 Å². The van der Waals surface area contributed by atoms with E-state index in [1.165, 1.54) is 13.2 Å². The van der Waals surface area contributed by atoms with Crippen LogP contribution < -0.4 is 0 Å². The minimum absolute atomic E-state index is 0.0643. The molecule has 0 aromatic carbocycles. The van der Waals surface area contributed by atoms with E-state index in [-0.39, 0.29) is 22.7 Å². The zero-order valence-corrected chi connectivity index (χ0v) is 15.1. The fraction of sp³-hybridized carbons (Fsp3) is 0.294. The maximum Gasteiger partial charge on any atom is 0.284 e. The lowest BCUT2D eigenvalue weighted by atomic mass is 10.0. The molecule has 0 radical (unpaired) electrons. The fourth-order valence-electron chi connectivity index (χ4n) is 2.69. The topological polar surface area (TPSA) is 102 Å². The number of hydrogen-bond donors (Lipinski definition) is 1. The number of ketones is 2. The molecule has 1 atom stereocenters. The number of H-pyrrole nitrogens is 1. The van der Waals surface area contributed by atoms with Crippen LogP contribution in [0.4, 0.5) is 0 Å². The molecular formula is C17H17N3O4S. The van der Waals surface area contributed by atoms with E-state index >= 15 is 0 Å². The van der Waals surface area contributed by atoms with Crippen LogP contribution in [0.25, 0.3) is 11.7 Å². The number of rotatable bonds is 6. The van der Waals surface area contributed by atoms with Crippen molar-refractivity contribution < 1.29 is 18.4 Å². The maximum atomic E-state index is 12.7. The van der Waals surface area contributed by atoms with E-state index < -0.39 is 5.25 Å². The third-order valence-corrected chi connectivity index (χ3v) is 4.76. The largest absolute Gasteiger partial charge is 0.459 e. The van der Waals surface area contributed by atoms with E-state index in [9.17, 15) is 9.59 Å². The van der Waals surface area contributed by atoms with Gasteiger partial charge in [-0.2, -0.15) is 0 Å². The molecule has 3 rings (SSSR count). The lowest BCUT2D eigenvalue weighted by Crippen LogP contribution is -2.15. The van der Waals surface area contributed by atoms with Crippen LogP contribution in [0.15, 0.2) is 32.5 Å². The molecule has 0 saturated carbocycles. The first-order valence-corrected chi connectivity index (χ1v) is 8.54. The van der Waals surface area contributed by atoms with E-state index in [1.54, 1.807) is 32.9 Å². The first kappa shape index (κ1) is 17.2. The molecule has 3 aromatic heterocycles. The molecule has 3 aromatic rings. The molecule has 0 spiro atoms. The summed E-state index contributed by atoms with van der Waals surface area (Å²) in [6, 6.07) is 3.44. The van der Waals surface area contributed by atoms with Crippen LogP contribution >= 0.6 is 11.8 Å². The van der Waals surface area contributed by atoms with Crippen molar-refractivity contribution in [3.05, 3.63) is 40.9 Å². The lowest BCUT2D eigenvalue weighted by molar-refractivity contribution is 0.0988. The molecule has 25 heavy (non-hydrogen) atoms. The number of thioether (sulfide) groups is 1. The Morgan fingerprint density at radius 3 is 2.64 bits per heavy atom. The van der Waals surface area contributed by atoms with Gasteiger partial charge in [0.2, 0.25) is 0 Å². The highest BCUT2D eigenvalue weighted by atomic mass is 32.2. The van der Waals surface area contributed by atoms with Crippen molar-refractivity contribution in [3.8, 4) is 11.7 Å². The molecule has 0 aliphatic carbocycles. The van der Waals surface area contributed by atoms with Crippen molar-refractivity contribution >= 4 is 23.3 Å². The van der Waals surface area contributed by atoms with E-state index in [2.05, 4.69) is 15.2 Å². The average molecular weight is 359 g/mol. The zero-order chi connectivity index (χ0) is 18.1. The van der Waals surface area contributed by atoms with E-state index in [4.69, 9.17) is 8.83 Å². The Morgan fingerprint density at radius 1 is 1.28 bits per heavy atom. The molecule has 7 nitrogen and oxygen atoms in total. The second-order valence-corrected chi connectivity index (χ2v) is 6.95. The third-order valence-electron chi connectivity index (χ3n) is 3.82. The van der Waals surface area contributed by atoms with Crippen molar-refractivity contribution in [1.29, 1.82) is 0 Å². The highest BCUT2D eigenvalue weighted by Crippen LogP contribution is 2.29. The lowest BCUT2D eigenvalue weighted by Gasteiger charge is -2.07. The number of nitrogens with zero attached hydrogens (tertiary/aromatic N) is 2. The second-order valence-electron chi connectivity index (χ2n) is 5.66. The Labute approximate surface area is 148 Å². The first-order valence-electron chi connectivity index (χ1n) is 7.66. The van der Waals surface area contributed by atoms with Gasteiger partial charge in [-0.05, 0) is 45.4 Å². The van der Waals surface area contributed by atoms with Gasteiger partial charge in [-0.15, -0.1) is 10.2 Å². The predicted molar refractivity (Wildman–Crippen MR) is 91.9 cm³/mol. The Kier molecular flexibility index (Phi) is 4.63. The molecule has 0 bridgehead atoms. The minimum atomic E-state index is -0.457. The summed E-state index contributed by atoms with van der Waals surface area (Å²) in [6.45, 7) is 6.80. The molecular weight excluding hydrogens is 342 g/mol. The van der Waals surface area contributed by atoms with Crippen LogP contribution in [-0.2, 0) is 0 Å². The van der Waals surface area contributed by atoms with Gasteiger partial charge in [0.05, 0.1) is 17.2 Å². The number of carbonyl (C=O) groups excluding carboxylic acids is 2. The van der Waals surface area contributed by atoms with Gasteiger partial charge in [-0.25, -0.2) is 0 Å². The molecule has 0 amide bonds. The second kappa shape index (κ2) is 6.72. The molecule has 3 heterocycles. The average Bonchev–Trinajstić information content (AvgIpc) is 3.26. The monoisotopic (exact) mass is 359 g/mol. The highest BCUT2D eigenvalue weighted by molar-refractivity contribution is 8.00. The summed E-state index contributed by atoms with van der Waals surface area (Å²) in [4.78, 5) is 27.5. The summed E-state index contributed by atoms with van der Waals surface area (Å²) in [5.41, 5.74) is 2.37. The third kappa shape index (κ3) is 3.30. The number of hydrogen-bond acceptors (Lipinski definition) is 7. The standard InChI is InChI=1S/C17H17N3O4S/c1-8-13(10(3)21)9(2)18-14(8)15(22)11(4)25-17-20-19-16(24-17)12-6-5-7-23-12/h5-7,11,18H,1-4H3. The fourth-order valence-corrected chi connectivity index (χ4v) is 3.43. The minimum Gasteiger partial charge on any atom is -0.459 e. The summed E-state index contributed by atoms with van der Waals surface area (Å²) in [7, 11) is 0. The van der Waals surface area contributed by atoms with Gasteiger partial charge < -0.3 is 13.8 Å². The van der Waals surface area contributed by atoms with Crippen molar-refractivity contribution in [3.63, 3.8) is 0 Å². The molecule has 8 heteroatoms. The Balaban J connectivity index is 1.78. The molecule has 0 aliphatic rings. The van der Waals surface area contributed by atoms with Gasteiger partial charge in [0.15, 0.2) is 17.3 Å². The van der Waals surface area contributed by atoms with Crippen molar-refractivity contribution in [1.82, 2.24) is 15.2 Å². The van der Waals surface area contributed by atoms with Gasteiger partial charge in [-0.1, -0.05) is 11.8 Å². The summed E-state index contributed by atoms with van der Waals surface area (Å²) >= 11 is 1.16. The molecule has 0 aliphatic heterocycles. The van der Waals surface area contributed by atoms with E-state index in [1.807, 2.05) is 0 Å². The zero-order valence-electron chi connectivity index (χ0n) is 14.2. The van der Waals surface area contributed by atoms with Crippen LogP contribution in [0, 0.1) is 13.8 Å². The van der Waals surface area contributed by atoms with Crippen LogP contribution in [0.3, 0.4) is 0 Å². The molecule has 1 unspecified atom stereocenters. The van der Waals surface area contributed by atoms with Gasteiger partial charge in [-0.3, -0.25) is 9.59 Å². The SMILES string of the molecule is CC(=O)c1c(C)[nH]c(C(=O)C(C)Sc2nnc(-c3ccco3)o2)c1C. The van der Waals surface area contributed by atoms with Crippen LogP contribution in [0.1, 0.15) is 46.0 Å². The number of aromatic amines is 1. The van der Waals surface area contributed by atoms with Crippen LogP contribution in [0.2, 0.25) is 0 Å². The Morgan fingerprint density at radius 2 is 2.04 bits per heavy atom. The predicted octanol–water partition coefficient (Wildman–Crippen LogP) is 3.84. The van der Waals surface area contributed by atoms with Gasteiger partial charge in [0, 0.05) is 11.3 Å². The van der Waals surface area contributed by atoms with Crippen molar-refractivity contribution in [2.24, 2.45) is 0 Å². The van der Waals surface area contributed by atoms with Crippen molar-refractivity contribution in [2.75, 3.05) is 0 Å².